The van der Waals surface area contributed by atoms with Crippen molar-refractivity contribution in [2.24, 2.45) is 0 Å². The van der Waals surface area contributed by atoms with Gasteiger partial charge in [0, 0.05) is 10.8 Å². The summed E-state index contributed by atoms with van der Waals surface area (Å²) in [4.78, 5) is 5.39. The van der Waals surface area contributed by atoms with E-state index < -0.39 is 8.07 Å². The van der Waals surface area contributed by atoms with Crippen LogP contribution in [0.5, 0.6) is 0 Å². The average Bonchev–Trinajstić information content (AvgIpc) is 3.71. The van der Waals surface area contributed by atoms with E-state index in [9.17, 15) is 0 Å². The number of rotatable bonds is 6. The Morgan fingerprint density at radius 2 is 1.27 bits per heavy atom. The van der Waals surface area contributed by atoms with Crippen LogP contribution >= 0.6 is 0 Å². The molecular weight excluding hydrogens is 649 g/mol. The monoisotopic (exact) mass is 692 g/mol. The van der Waals surface area contributed by atoms with Crippen molar-refractivity contribution in [2.45, 2.75) is 59.2 Å². The van der Waals surface area contributed by atoms with E-state index in [-0.39, 0.29) is 11.8 Å². The van der Waals surface area contributed by atoms with Crippen molar-refractivity contribution in [3.05, 3.63) is 139 Å². The third kappa shape index (κ3) is 5.19. The molecule has 0 atom stereocenters. The molecule has 9 aromatic rings. The Kier molecular flexibility index (Phi) is 7.53. The maximum Gasteiger partial charge on any atom is 0.149 e. The Morgan fingerprint density at radius 3 is 1.98 bits per heavy atom. The van der Waals surface area contributed by atoms with Crippen LogP contribution in [0.1, 0.15) is 50.7 Å². The summed E-state index contributed by atoms with van der Waals surface area (Å²) >= 11 is 0. The fraction of sp³-hybridized carbons (Fsp3) is 0.188. The van der Waals surface area contributed by atoms with Gasteiger partial charge in [-0.25, -0.2) is 4.98 Å². The van der Waals surface area contributed by atoms with Crippen LogP contribution in [0.4, 0.5) is 0 Å². The average molecular weight is 693 g/mol. The molecule has 0 aliphatic carbocycles. The number of imidazole rings is 1. The maximum atomic E-state index is 6.95. The molecule has 0 saturated heterocycles. The molecule has 0 unspecified atom stereocenters. The molecule has 0 bridgehead atoms. The fourth-order valence-electron chi connectivity index (χ4n) is 8.05. The van der Waals surface area contributed by atoms with Crippen LogP contribution < -0.4 is 5.19 Å². The molecule has 0 radical (unpaired) electrons. The molecule has 0 amide bonds. The van der Waals surface area contributed by atoms with Crippen LogP contribution in [0.15, 0.2) is 132 Å². The lowest BCUT2D eigenvalue weighted by Crippen LogP contribution is -2.37. The predicted octanol–water partition coefficient (Wildman–Crippen LogP) is 13.4. The first-order valence-corrected chi connectivity index (χ1v) is 22.1. The molecule has 0 aliphatic rings. The Balaban J connectivity index is 1.31. The van der Waals surface area contributed by atoms with Crippen LogP contribution in [-0.2, 0) is 0 Å². The minimum absolute atomic E-state index is 0.288. The Hall–Kier alpha value is -5.45. The molecule has 4 heteroatoms. The van der Waals surface area contributed by atoms with Gasteiger partial charge in [-0.2, -0.15) is 0 Å². The molecule has 52 heavy (non-hydrogen) atoms. The highest BCUT2D eigenvalue weighted by molar-refractivity contribution is 6.88. The Labute approximate surface area is 306 Å². The molecular formula is C48H44N2OSi. The van der Waals surface area contributed by atoms with Crippen LogP contribution in [0, 0.1) is 0 Å². The van der Waals surface area contributed by atoms with Gasteiger partial charge in [0.2, 0.25) is 0 Å². The zero-order valence-corrected chi connectivity index (χ0v) is 32.1. The summed E-state index contributed by atoms with van der Waals surface area (Å²) in [5.41, 5.74) is 11.1. The van der Waals surface area contributed by atoms with E-state index in [2.05, 4.69) is 179 Å². The standard InChI is InChI=1S/C48H44N2OSi/c1-29(2)39-26-34(31-14-9-8-10-15-31)27-40(30(3)4)46(39)50-44-19-12-11-18-43(44)49-48(50)38-17-13-16-37-42-25-33-21-20-32-24-35(52(5,6)7)22-23-36(32)41(33)28-45(42)51-47(37)38/h8-30H,1-7H3. The second kappa shape index (κ2) is 12.1. The third-order valence-corrected chi connectivity index (χ3v) is 12.9. The molecule has 7 aromatic carbocycles. The van der Waals surface area contributed by atoms with Gasteiger partial charge in [-0.05, 0) is 98.1 Å². The SMILES string of the molecule is CC(C)c1cc(-c2ccccc2)cc(C(C)C)c1-n1c(-c2cccc3c2oc2cc4c(ccc5cc([Si](C)(C)C)ccc54)cc23)nc2ccccc21. The first-order chi connectivity index (χ1) is 25.1. The maximum absolute atomic E-state index is 6.95. The van der Waals surface area contributed by atoms with Gasteiger partial charge in [0.25, 0.3) is 0 Å². The van der Waals surface area contributed by atoms with Gasteiger partial charge < -0.3 is 4.42 Å². The number of hydrogen-bond donors (Lipinski definition) is 0. The highest BCUT2D eigenvalue weighted by Gasteiger charge is 2.26. The van der Waals surface area contributed by atoms with Crippen LogP contribution in [0.2, 0.25) is 19.6 Å². The molecule has 2 aromatic heterocycles. The summed E-state index contributed by atoms with van der Waals surface area (Å²) in [7, 11) is -1.43. The van der Waals surface area contributed by atoms with Gasteiger partial charge >= 0.3 is 0 Å². The van der Waals surface area contributed by atoms with Crippen molar-refractivity contribution in [3.63, 3.8) is 0 Å². The molecule has 256 valence electrons. The zero-order chi connectivity index (χ0) is 35.9. The second-order valence-electron chi connectivity index (χ2n) is 16.0. The zero-order valence-electron chi connectivity index (χ0n) is 31.1. The molecule has 3 nitrogen and oxygen atoms in total. The van der Waals surface area contributed by atoms with E-state index in [4.69, 9.17) is 9.40 Å². The topological polar surface area (TPSA) is 31.0 Å². The summed E-state index contributed by atoms with van der Waals surface area (Å²) < 4.78 is 9.36. The number of fused-ring (bicyclic) bond motifs is 7. The molecule has 2 heterocycles. The number of para-hydroxylation sites is 3. The van der Waals surface area contributed by atoms with Gasteiger partial charge in [-0.1, -0.05) is 137 Å². The number of hydrogen-bond acceptors (Lipinski definition) is 2. The lowest BCUT2D eigenvalue weighted by molar-refractivity contribution is 0.670. The number of benzene rings is 7. The summed E-state index contributed by atoms with van der Waals surface area (Å²) in [6.45, 7) is 16.4. The van der Waals surface area contributed by atoms with Gasteiger partial charge in [0.15, 0.2) is 0 Å². The Bertz CT molecular complexity index is 2800. The minimum Gasteiger partial charge on any atom is -0.455 e. The normalized spacial score (nSPS) is 12.5. The van der Waals surface area contributed by atoms with E-state index in [1.165, 1.54) is 54.7 Å². The fourth-order valence-corrected chi connectivity index (χ4v) is 9.22. The van der Waals surface area contributed by atoms with Gasteiger partial charge in [0.1, 0.15) is 17.0 Å². The summed E-state index contributed by atoms with van der Waals surface area (Å²) in [6, 6.07) is 46.8. The minimum atomic E-state index is -1.43. The van der Waals surface area contributed by atoms with E-state index in [1.54, 1.807) is 0 Å². The summed E-state index contributed by atoms with van der Waals surface area (Å²) in [5, 5.41) is 8.72. The van der Waals surface area contributed by atoms with Crippen molar-refractivity contribution in [2.75, 3.05) is 0 Å². The van der Waals surface area contributed by atoms with Crippen LogP contribution in [0.25, 0.3) is 82.7 Å². The van der Waals surface area contributed by atoms with E-state index in [1.807, 2.05) is 0 Å². The Morgan fingerprint density at radius 1 is 0.577 bits per heavy atom. The second-order valence-corrected chi connectivity index (χ2v) is 21.1. The molecule has 9 rings (SSSR count). The highest BCUT2D eigenvalue weighted by Crippen LogP contribution is 2.43. The molecule has 0 fully saturated rings. The lowest BCUT2D eigenvalue weighted by atomic mass is 9.88. The number of aromatic nitrogens is 2. The van der Waals surface area contributed by atoms with Gasteiger partial charge in [-0.3, -0.25) is 4.57 Å². The van der Waals surface area contributed by atoms with Crippen molar-refractivity contribution >= 4 is 67.8 Å². The van der Waals surface area contributed by atoms with Crippen LogP contribution in [0.3, 0.4) is 0 Å². The summed E-state index contributed by atoms with van der Waals surface area (Å²) in [5.74, 6) is 1.48. The van der Waals surface area contributed by atoms with Gasteiger partial charge in [0.05, 0.1) is 30.4 Å². The first kappa shape index (κ1) is 32.5. The number of furan rings is 1. The van der Waals surface area contributed by atoms with E-state index in [0.717, 1.165) is 44.4 Å². The van der Waals surface area contributed by atoms with Crippen molar-refractivity contribution < 1.29 is 4.42 Å². The van der Waals surface area contributed by atoms with E-state index in [0.29, 0.717) is 0 Å². The lowest BCUT2D eigenvalue weighted by Gasteiger charge is -2.24. The summed E-state index contributed by atoms with van der Waals surface area (Å²) in [6.07, 6.45) is 0. The molecule has 0 aliphatic heterocycles. The number of nitrogens with zero attached hydrogens (tertiary/aromatic N) is 2. The van der Waals surface area contributed by atoms with Crippen molar-refractivity contribution in [1.29, 1.82) is 0 Å². The molecule has 0 saturated carbocycles. The third-order valence-electron chi connectivity index (χ3n) is 10.9. The quantitative estimate of drug-likeness (QED) is 0.128. The van der Waals surface area contributed by atoms with E-state index >= 15 is 0 Å². The van der Waals surface area contributed by atoms with Crippen molar-refractivity contribution in [3.8, 4) is 28.2 Å². The smallest absolute Gasteiger partial charge is 0.149 e. The van der Waals surface area contributed by atoms with Crippen LogP contribution in [-0.4, -0.2) is 17.6 Å². The first-order valence-electron chi connectivity index (χ1n) is 18.6. The van der Waals surface area contributed by atoms with Crippen molar-refractivity contribution in [1.82, 2.24) is 9.55 Å². The molecule has 0 N–H and O–H groups in total. The largest absolute Gasteiger partial charge is 0.455 e. The highest BCUT2D eigenvalue weighted by atomic mass is 28.3. The predicted molar refractivity (Wildman–Crippen MR) is 225 cm³/mol. The van der Waals surface area contributed by atoms with Gasteiger partial charge in [-0.15, -0.1) is 0 Å². The molecule has 0 spiro atoms.